The molecule has 0 heterocycles. The van der Waals surface area contributed by atoms with Crippen molar-refractivity contribution in [3.05, 3.63) is 85.1 Å². The van der Waals surface area contributed by atoms with Crippen LogP contribution in [-0.4, -0.2) is 37.2 Å². The van der Waals surface area contributed by atoms with E-state index in [0.717, 1.165) is 109 Å². The lowest BCUT2D eigenvalue weighted by molar-refractivity contribution is -0.167. The second kappa shape index (κ2) is 70.1. The minimum absolute atomic E-state index is 0.0865. The molecule has 0 aromatic heterocycles. The highest BCUT2D eigenvalue weighted by molar-refractivity contribution is 5.71. The SMILES string of the molecule is CC/C=C\C/C=C\C/C=C\C/C=C\C/C=C\C/C=C\C/C=C\CCCCCC(=O)OC(COC(=O)CCCCCCCCCC)COC(=O)CCCCCCCCCCCCCCCCCCCCCCCCCCCCCCCCC. The van der Waals surface area contributed by atoms with E-state index in [9.17, 15) is 14.4 Å². The maximum atomic E-state index is 12.9. The largest absolute Gasteiger partial charge is 0.462 e. The van der Waals surface area contributed by atoms with Crippen LogP contribution >= 0.6 is 0 Å². The molecule has 0 aromatic rings. The number of ether oxygens (including phenoxy) is 3. The van der Waals surface area contributed by atoms with Gasteiger partial charge in [-0.05, 0) is 77.0 Å². The summed E-state index contributed by atoms with van der Waals surface area (Å²) >= 11 is 0. The third kappa shape index (κ3) is 67.4. The van der Waals surface area contributed by atoms with E-state index in [1.54, 1.807) is 0 Å². The molecule has 0 bridgehead atoms. The highest BCUT2D eigenvalue weighted by Gasteiger charge is 2.19. The first-order chi connectivity index (χ1) is 40.5. The summed E-state index contributed by atoms with van der Waals surface area (Å²) in [4.78, 5) is 38.2. The summed E-state index contributed by atoms with van der Waals surface area (Å²) in [5.41, 5.74) is 0. The first kappa shape index (κ1) is 78.6. The maximum Gasteiger partial charge on any atom is 0.306 e. The lowest BCUT2D eigenvalue weighted by Gasteiger charge is -2.18. The minimum Gasteiger partial charge on any atom is -0.462 e. The Hall–Kier alpha value is -3.41. The van der Waals surface area contributed by atoms with E-state index in [2.05, 4.69) is 106 Å². The molecule has 0 amide bonds. The van der Waals surface area contributed by atoms with E-state index in [1.165, 1.54) is 212 Å². The molecule has 0 N–H and O–H groups in total. The highest BCUT2D eigenvalue weighted by atomic mass is 16.6. The second-order valence-corrected chi connectivity index (χ2v) is 23.8. The Balaban J connectivity index is 4.12. The number of hydrogen-bond acceptors (Lipinski definition) is 6. The van der Waals surface area contributed by atoms with Gasteiger partial charge in [-0.1, -0.05) is 350 Å². The zero-order chi connectivity index (χ0) is 59.2. The first-order valence-electron chi connectivity index (χ1n) is 35.6. The normalized spacial score (nSPS) is 12.6. The van der Waals surface area contributed by atoms with Crippen molar-refractivity contribution < 1.29 is 28.6 Å². The highest BCUT2D eigenvalue weighted by Crippen LogP contribution is 2.18. The fourth-order valence-corrected chi connectivity index (χ4v) is 10.4. The van der Waals surface area contributed by atoms with Crippen LogP contribution in [0.4, 0.5) is 0 Å². The van der Waals surface area contributed by atoms with Crippen LogP contribution in [0, 0.1) is 0 Å². The average molecular weight is 1140 g/mol. The van der Waals surface area contributed by atoms with E-state index in [1.807, 2.05) is 0 Å². The molecule has 0 saturated heterocycles. The van der Waals surface area contributed by atoms with Crippen LogP contribution in [0.25, 0.3) is 0 Å². The van der Waals surface area contributed by atoms with E-state index < -0.39 is 6.10 Å². The van der Waals surface area contributed by atoms with Crippen molar-refractivity contribution in [1.29, 1.82) is 0 Å². The van der Waals surface area contributed by atoms with E-state index >= 15 is 0 Å². The van der Waals surface area contributed by atoms with Gasteiger partial charge in [-0.2, -0.15) is 0 Å². The lowest BCUT2D eigenvalue weighted by Crippen LogP contribution is -2.30. The van der Waals surface area contributed by atoms with Crippen molar-refractivity contribution in [3.63, 3.8) is 0 Å². The summed E-state index contributed by atoms with van der Waals surface area (Å²) < 4.78 is 16.9. The molecule has 1 unspecified atom stereocenters. The zero-order valence-electron chi connectivity index (χ0n) is 54.5. The fourth-order valence-electron chi connectivity index (χ4n) is 10.4. The molecule has 1 atom stereocenters. The third-order valence-corrected chi connectivity index (χ3v) is 15.7. The Kier molecular flexibility index (Phi) is 67.2. The van der Waals surface area contributed by atoms with Crippen LogP contribution in [0.2, 0.25) is 0 Å². The summed E-state index contributed by atoms with van der Waals surface area (Å²) in [6.45, 7) is 6.51. The molecule has 0 rings (SSSR count). The standard InChI is InChI=1S/C76H134O6/c1-4-7-10-13-16-19-21-23-25-27-29-31-33-35-36-37-38-39-40-42-43-45-47-49-51-53-55-57-60-63-66-69-75(78)81-72-73(71-80-74(77)68-65-62-59-18-15-12-9-6-3)82-76(79)70-67-64-61-58-56-54-52-50-48-46-44-41-34-32-30-28-26-24-22-20-17-14-11-8-5-2/h8,11,17,20,24,26,30,32,41,44,48,50,54,56,73H,4-7,9-10,12-16,18-19,21-23,25,27-29,31,33-40,42-43,45-47,49,51-53,55,57-72H2,1-3H3/b11-8-,20-17-,26-24-,32-30-,44-41-,50-48-,56-54-. The summed E-state index contributed by atoms with van der Waals surface area (Å²) in [7, 11) is 0. The van der Waals surface area contributed by atoms with Crippen LogP contribution in [0.15, 0.2) is 85.1 Å². The van der Waals surface area contributed by atoms with Crippen LogP contribution in [0.3, 0.4) is 0 Å². The number of esters is 3. The van der Waals surface area contributed by atoms with Gasteiger partial charge in [0.05, 0.1) is 0 Å². The Bertz CT molecular complexity index is 1550. The van der Waals surface area contributed by atoms with Gasteiger partial charge >= 0.3 is 17.9 Å². The summed E-state index contributed by atoms with van der Waals surface area (Å²) in [5, 5.41) is 0. The number of hydrogen-bond donors (Lipinski definition) is 0. The maximum absolute atomic E-state index is 12.9. The Morgan fingerprint density at radius 2 is 0.476 bits per heavy atom. The molecule has 0 aliphatic heterocycles. The van der Waals surface area contributed by atoms with Crippen LogP contribution < -0.4 is 0 Å². The number of rotatable bonds is 65. The molecule has 6 heteroatoms. The average Bonchev–Trinajstić information content (AvgIpc) is 3.48. The zero-order valence-corrected chi connectivity index (χ0v) is 54.5. The molecule has 0 saturated carbocycles. The monoisotopic (exact) mass is 1140 g/mol. The van der Waals surface area contributed by atoms with Crippen LogP contribution in [-0.2, 0) is 28.6 Å². The minimum atomic E-state index is -0.792. The predicted molar refractivity (Wildman–Crippen MR) is 358 cm³/mol. The van der Waals surface area contributed by atoms with Crippen LogP contribution in [0.5, 0.6) is 0 Å². The molecule has 0 aliphatic rings. The molecule has 0 radical (unpaired) electrons. The smallest absolute Gasteiger partial charge is 0.306 e. The Morgan fingerprint density at radius 1 is 0.256 bits per heavy atom. The van der Waals surface area contributed by atoms with Gasteiger partial charge in [0.25, 0.3) is 0 Å². The van der Waals surface area contributed by atoms with Gasteiger partial charge in [0.2, 0.25) is 0 Å². The number of carbonyl (C=O) groups is 3. The van der Waals surface area contributed by atoms with Gasteiger partial charge in [0.1, 0.15) is 13.2 Å². The number of carbonyl (C=O) groups excluding carboxylic acids is 3. The summed E-state index contributed by atoms with van der Waals surface area (Å²) in [6.07, 6.45) is 93.6. The quantitative estimate of drug-likeness (QED) is 0.0261. The van der Waals surface area contributed by atoms with Gasteiger partial charge in [-0.3, -0.25) is 14.4 Å². The summed E-state index contributed by atoms with van der Waals surface area (Å²) in [5.74, 6) is -0.909. The van der Waals surface area contributed by atoms with Crippen molar-refractivity contribution >= 4 is 17.9 Å². The molecule has 0 fully saturated rings. The van der Waals surface area contributed by atoms with Crippen LogP contribution in [0.1, 0.15) is 361 Å². The predicted octanol–water partition coefficient (Wildman–Crippen LogP) is 24.6. The summed E-state index contributed by atoms with van der Waals surface area (Å²) in [6, 6.07) is 0. The van der Waals surface area contributed by atoms with E-state index in [-0.39, 0.29) is 31.1 Å². The molecular weight excluding hydrogens is 1010 g/mol. The van der Waals surface area contributed by atoms with Crippen molar-refractivity contribution in [2.45, 2.75) is 367 Å². The van der Waals surface area contributed by atoms with Crippen molar-refractivity contribution in [3.8, 4) is 0 Å². The number of unbranched alkanes of at least 4 members (excludes halogenated alkanes) is 40. The Labute approximate surface area is 509 Å². The molecule has 82 heavy (non-hydrogen) atoms. The second-order valence-electron chi connectivity index (χ2n) is 23.8. The fraction of sp³-hybridized carbons (Fsp3) is 0.776. The van der Waals surface area contributed by atoms with Gasteiger partial charge < -0.3 is 14.2 Å². The molecule has 474 valence electrons. The molecule has 0 aliphatic carbocycles. The van der Waals surface area contributed by atoms with Crippen molar-refractivity contribution in [2.75, 3.05) is 13.2 Å². The molecule has 0 spiro atoms. The van der Waals surface area contributed by atoms with E-state index in [0.29, 0.717) is 19.3 Å². The van der Waals surface area contributed by atoms with Gasteiger partial charge in [-0.15, -0.1) is 0 Å². The molecular formula is C76H134O6. The van der Waals surface area contributed by atoms with E-state index in [4.69, 9.17) is 14.2 Å². The Morgan fingerprint density at radius 3 is 0.744 bits per heavy atom. The van der Waals surface area contributed by atoms with Gasteiger partial charge in [0.15, 0.2) is 6.10 Å². The first-order valence-corrected chi connectivity index (χ1v) is 35.6. The molecule has 0 aromatic carbocycles. The number of allylic oxidation sites excluding steroid dienone is 14. The molecule has 6 nitrogen and oxygen atoms in total. The van der Waals surface area contributed by atoms with Gasteiger partial charge in [0, 0.05) is 19.3 Å². The van der Waals surface area contributed by atoms with Crippen molar-refractivity contribution in [2.24, 2.45) is 0 Å². The van der Waals surface area contributed by atoms with Gasteiger partial charge in [-0.25, -0.2) is 0 Å². The van der Waals surface area contributed by atoms with Crippen molar-refractivity contribution in [1.82, 2.24) is 0 Å². The third-order valence-electron chi connectivity index (χ3n) is 15.7. The topological polar surface area (TPSA) is 78.9 Å². The lowest BCUT2D eigenvalue weighted by atomic mass is 10.0.